The molecule has 0 saturated heterocycles. The number of carbonyl (C=O) groups excluding carboxylic acids is 1. The number of nitrogens with two attached hydrogens (primary N) is 1. The Morgan fingerprint density at radius 1 is 1.56 bits per heavy atom. The molecule has 4 N–H and O–H groups in total. The van der Waals surface area contributed by atoms with Crippen molar-refractivity contribution in [3.63, 3.8) is 0 Å². The SMILES string of the molecule is CCC(CCO)CNC(=O)c1ccc(N)cc1Cl. The lowest BCUT2D eigenvalue weighted by Crippen LogP contribution is -2.29. The molecule has 0 saturated carbocycles. The van der Waals surface area contributed by atoms with Gasteiger partial charge < -0.3 is 16.2 Å². The van der Waals surface area contributed by atoms with Crippen LogP contribution >= 0.6 is 11.6 Å². The summed E-state index contributed by atoms with van der Waals surface area (Å²) in [6, 6.07) is 4.81. The number of anilines is 1. The number of nitrogen functional groups attached to an aromatic ring is 1. The van der Waals surface area contributed by atoms with Crippen LogP contribution in [0.1, 0.15) is 30.1 Å². The first-order valence-corrected chi connectivity index (χ1v) is 6.40. The number of halogens is 1. The summed E-state index contributed by atoms with van der Waals surface area (Å²) in [7, 11) is 0. The molecule has 4 nitrogen and oxygen atoms in total. The van der Waals surface area contributed by atoms with Crippen LogP contribution in [0.3, 0.4) is 0 Å². The highest BCUT2D eigenvalue weighted by molar-refractivity contribution is 6.34. The van der Waals surface area contributed by atoms with E-state index in [4.69, 9.17) is 22.4 Å². The Morgan fingerprint density at radius 3 is 2.83 bits per heavy atom. The lowest BCUT2D eigenvalue weighted by atomic mass is 10.0. The molecule has 0 aliphatic heterocycles. The molecule has 0 radical (unpaired) electrons. The van der Waals surface area contributed by atoms with Crippen molar-refractivity contribution in [1.82, 2.24) is 5.32 Å². The molecule has 1 rings (SSSR count). The maximum Gasteiger partial charge on any atom is 0.252 e. The van der Waals surface area contributed by atoms with Crippen LogP contribution in [0.4, 0.5) is 5.69 Å². The van der Waals surface area contributed by atoms with E-state index >= 15 is 0 Å². The van der Waals surface area contributed by atoms with Gasteiger partial charge in [-0.2, -0.15) is 0 Å². The number of aliphatic hydroxyl groups excluding tert-OH is 1. The van der Waals surface area contributed by atoms with E-state index in [-0.39, 0.29) is 18.4 Å². The Hall–Kier alpha value is -1.26. The Kier molecular flexibility index (Phi) is 5.95. The van der Waals surface area contributed by atoms with Crippen LogP contribution in [0.2, 0.25) is 5.02 Å². The Balaban J connectivity index is 2.59. The molecule has 1 aromatic carbocycles. The molecule has 1 aromatic rings. The molecule has 0 fully saturated rings. The van der Waals surface area contributed by atoms with Crippen LogP contribution in [0.25, 0.3) is 0 Å². The van der Waals surface area contributed by atoms with Crippen LogP contribution in [-0.2, 0) is 0 Å². The van der Waals surface area contributed by atoms with Crippen LogP contribution < -0.4 is 11.1 Å². The van der Waals surface area contributed by atoms with E-state index in [1.54, 1.807) is 18.2 Å². The highest BCUT2D eigenvalue weighted by atomic mass is 35.5. The van der Waals surface area contributed by atoms with Crippen molar-refractivity contribution >= 4 is 23.2 Å². The van der Waals surface area contributed by atoms with Gasteiger partial charge in [-0.1, -0.05) is 24.9 Å². The van der Waals surface area contributed by atoms with Crippen LogP contribution in [-0.4, -0.2) is 24.2 Å². The summed E-state index contributed by atoms with van der Waals surface area (Å²) in [5, 5.41) is 12.0. The lowest BCUT2D eigenvalue weighted by molar-refractivity contribution is 0.0943. The quantitative estimate of drug-likeness (QED) is 0.693. The number of benzene rings is 1. The minimum Gasteiger partial charge on any atom is -0.399 e. The van der Waals surface area contributed by atoms with Crippen molar-refractivity contribution in [3.8, 4) is 0 Å². The van der Waals surface area contributed by atoms with Crippen LogP contribution in [0, 0.1) is 5.92 Å². The van der Waals surface area contributed by atoms with E-state index in [0.717, 1.165) is 6.42 Å². The summed E-state index contributed by atoms with van der Waals surface area (Å²) in [5.74, 6) is 0.0721. The first kappa shape index (κ1) is 14.8. The molecule has 0 aliphatic rings. The van der Waals surface area contributed by atoms with E-state index in [1.165, 1.54) is 0 Å². The van der Waals surface area contributed by atoms with E-state index in [2.05, 4.69) is 5.32 Å². The van der Waals surface area contributed by atoms with Gasteiger partial charge in [-0.15, -0.1) is 0 Å². The molecule has 18 heavy (non-hydrogen) atoms. The van der Waals surface area contributed by atoms with E-state index in [0.29, 0.717) is 29.2 Å². The number of rotatable bonds is 6. The van der Waals surface area contributed by atoms with Gasteiger partial charge in [0.05, 0.1) is 10.6 Å². The van der Waals surface area contributed by atoms with Crippen molar-refractivity contribution in [2.24, 2.45) is 5.92 Å². The monoisotopic (exact) mass is 270 g/mol. The van der Waals surface area contributed by atoms with Crippen molar-refractivity contribution in [2.45, 2.75) is 19.8 Å². The molecular formula is C13H19ClN2O2. The Bertz CT molecular complexity index is 410. The van der Waals surface area contributed by atoms with Gasteiger partial charge in [0.15, 0.2) is 0 Å². The predicted molar refractivity (Wildman–Crippen MR) is 73.7 cm³/mol. The summed E-state index contributed by atoms with van der Waals surface area (Å²) in [5.41, 5.74) is 6.52. The second-order valence-corrected chi connectivity index (χ2v) is 4.64. The molecule has 5 heteroatoms. The molecule has 0 aliphatic carbocycles. The minimum absolute atomic E-state index is 0.136. The normalized spacial score (nSPS) is 12.2. The van der Waals surface area contributed by atoms with Crippen LogP contribution in [0.5, 0.6) is 0 Å². The van der Waals surface area contributed by atoms with Gasteiger partial charge >= 0.3 is 0 Å². The predicted octanol–water partition coefficient (Wildman–Crippen LogP) is 2.06. The van der Waals surface area contributed by atoms with Crippen molar-refractivity contribution in [1.29, 1.82) is 0 Å². The molecule has 0 aromatic heterocycles. The largest absolute Gasteiger partial charge is 0.399 e. The minimum atomic E-state index is -0.212. The highest BCUT2D eigenvalue weighted by Crippen LogP contribution is 2.19. The molecule has 1 amide bonds. The van der Waals surface area contributed by atoms with Gasteiger partial charge in [-0.3, -0.25) is 4.79 Å². The summed E-state index contributed by atoms with van der Waals surface area (Å²) in [6.07, 6.45) is 1.60. The third-order valence-electron chi connectivity index (χ3n) is 2.90. The smallest absolute Gasteiger partial charge is 0.252 e. The average Bonchev–Trinajstić information content (AvgIpc) is 2.34. The standard InChI is InChI=1S/C13H19ClN2O2/c1-2-9(5-6-17)8-16-13(18)11-4-3-10(15)7-12(11)14/h3-4,7,9,17H,2,5-6,8,15H2,1H3,(H,16,18). The number of carbonyl (C=O) groups is 1. The van der Waals surface area contributed by atoms with E-state index in [9.17, 15) is 4.79 Å². The summed E-state index contributed by atoms with van der Waals surface area (Å²) in [4.78, 5) is 11.9. The fourth-order valence-corrected chi connectivity index (χ4v) is 1.96. The molecule has 1 unspecified atom stereocenters. The van der Waals surface area contributed by atoms with E-state index < -0.39 is 0 Å². The number of hydrogen-bond donors (Lipinski definition) is 3. The third kappa shape index (κ3) is 4.20. The second-order valence-electron chi connectivity index (χ2n) is 4.24. The highest BCUT2D eigenvalue weighted by Gasteiger charge is 2.12. The Morgan fingerprint density at radius 2 is 2.28 bits per heavy atom. The zero-order chi connectivity index (χ0) is 13.5. The molecule has 0 spiro atoms. The van der Waals surface area contributed by atoms with Gasteiger partial charge in [0, 0.05) is 18.8 Å². The topological polar surface area (TPSA) is 75.3 Å². The zero-order valence-corrected chi connectivity index (χ0v) is 11.2. The summed E-state index contributed by atoms with van der Waals surface area (Å²) in [6.45, 7) is 2.70. The van der Waals surface area contributed by atoms with Crippen LogP contribution in [0.15, 0.2) is 18.2 Å². The van der Waals surface area contributed by atoms with Crippen molar-refractivity contribution in [2.75, 3.05) is 18.9 Å². The molecule has 100 valence electrons. The van der Waals surface area contributed by atoms with Gasteiger partial charge in [0.2, 0.25) is 0 Å². The third-order valence-corrected chi connectivity index (χ3v) is 3.22. The molecule has 0 heterocycles. The number of hydrogen-bond acceptors (Lipinski definition) is 3. The first-order valence-electron chi connectivity index (χ1n) is 6.02. The maximum atomic E-state index is 11.9. The van der Waals surface area contributed by atoms with E-state index in [1.807, 2.05) is 6.92 Å². The lowest BCUT2D eigenvalue weighted by Gasteiger charge is -2.14. The Labute approximate surface area is 112 Å². The molecular weight excluding hydrogens is 252 g/mol. The number of nitrogens with one attached hydrogen (secondary N) is 1. The number of amides is 1. The second kappa shape index (κ2) is 7.24. The van der Waals surface area contributed by atoms with Gasteiger partial charge in [-0.25, -0.2) is 0 Å². The molecule has 1 atom stereocenters. The van der Waals surface area contributed by atoms with Crippen molar-refractivity contribution < 1.29 is 9.90 Å². The maximum absolute atomic E-state index is 11.9. The average molecular weight is 271 g/mol. The fourth-order valence-electron chi connectivity index (χ4n) is 1.68. The fraction of sp³-hybridized carbons (Fsp3) is 0.462. The van der Waals surface area contributed by atoms with Gasteiger partial charge in [0.1, 0.15) is 0 Å². The molecule has 0 bridgehead atoms. The zero-order valence-electron chi connectivity index (χ0n) is 10.4. The van der Waals surface area contributed by atoms with Gasteiger partial charge in [0.25, 0.3) is 5.91 Å². The number of aliphatic hydroxyl groups is 1. The first-order chi connectivity index (χ1) is 8.58. The summed E-state index contributed by atoms with van der Waals surface area (Å²) < 4.78 is 0. The van der Waals surface area contributed by atoms with Gasteiger partial charge in [-0.05, 0) is 30.5 Å². The van der Waals surface area contributed by atoms with Crippen molar-refractivity contribution in [3.05, 3.63) is 28.8 Å². The summed E-state index contributed by atoms with van der Waals surface area (Å²) >= 11 is 5.95.